The first-order valence-electron chi connectivity index (χ1n) is 4.67. The lowest BCUT2D eigenvalue weighted by atomic mass is 10.2. The summed E-state index contributed by atoms with van der Waals surface area (Å²) < 4.78 is 4.95. The number of aliphatic carboxylic acids is 1. The molecule has 0 aromatic carbocycles. The van der Waals surface area contributed by atoms with Gasteiger partial charge in [-0.05, 0) is 13.3 Å². The second-order valence-corrected chi connectivity index (χ2v) is 3.24. The van der Waals surface area contributed by atoms with Gasteiger partial charge in [0.25, 0.3) is 0 Å². The van der Waals surface area contributed by atoms with Crippen LogP contribution >= 0.6 is 0 Å². The van der Waals surface area contributed by atoms with Gasteiger partial charge in [-0.25, -0.2) is 0 Å². The average Bonchev–Trinajstić information content (AvgIpc) is 2.13. The molecule has 0 bridgehead atoms. The molecule has 0 spiro atoms. The molecule has 0 fully saturated rings. The highest BCUT2D eigenvalue weighted by molar-refractivity contribution is 5.69. The maximum absolute atomic E-state index is 10.6. The van der Waals surface area contributed by atoms with Crippen LogP contribution in [-0.2, 0) is 9.53 Å². The van der Waals surface area contributed by atoms with Crippen molar-refractivity contribution in [2.75, 3.05) is 26.8 Å². The van der Waals surface area contributed by atoms with Gasteiger partial charge in [0.2, 0.25) is 0 Å². The second-order valence-electron chi connectivity index (χ2n) is 3.24. The van der Waals surface area contributed by atoms with Gasteiger partial charge >= 0.3 is 5.97 Å². The summed E-state index contributed by atoms with van der Waals surface area (Å²) in [5.74, 6) is -0.809. The van der Waals surface area contributed by atoms with Crippen molar-refractivity contribution in [1.29, 1.82) is 0 Å². The molecule has 0 heterocycles. The van der Waals surface area contributed by atoms with Gasteiger partial charge in [-0.1, -0.05) is 6.08 Å². The van der Waals surface area contributed by atoms with Crippen LogP contribution in [0.15, 0.2) is 12.7 Å². The van der Waals surface area contributed by atoms with Crippen LogP contribution in [0.2, 0.25) is 0 Å². The zero-order valence-corrected chi connectivity index (χ0v) is 8.90. The molecule has 1 unspecified atom stereocenters. The Hall–Kier alpha value is -0.870. The summed E-state index contributed by atoms with van der Waals surface area (Å²) in [5, 5.41) is 8.68. The van der Waals surface area contributed by atoms with Crippen LogP contribution in [0.5, 0.6) is 0 Å². The monoisotopic (exact) mass is 201 g/mol. The normalized spacial score (nSPS) is 12.8. The Morgan fingerprint density at radius 1 is 1.71 bits per heavy atom. The molecule has 4 heteroatoms. The Morgan fingerprint density at radius 3 is 2.79 bits per heavy atom. The van der Waals surface area contributed by atoms with E-state index in [1.165, 1.54) is 0 Å². The van der Waals surface area contributed by atoms with E-state index in [1.807, 2.05) is 11.8 Å². The van der Waals surface area contributed by atoms with E-state index in [2.05, 4.69) is 6.58 Å². The Morgan fingerprint density at radius 2 is 2.36 bits per heavy atom. The lowest BCUT2D eigenvalue weighted by Gasteiger charge is -2.25. The van der Waals surface area contributed by atoms with Crippen molar-refractivity contribution in [2.24, 2.45) is 0 Å². The molecule has 0 saturated heterocycles. The van der Waals surface area contributed by atoms with Crippen molar-refractivity contribution in [1.82, 2.24) is 4.90 Å². The predicted molar refractivity (Wildman–Crippen MR) is 55.4 cm³/mol. The van der Waals surface area contributed by atoms with Gasteiger partial charge in [-0.15, -0.1) is 6.58 Å². The Kier molecular flexibility index (Phi) is 7.06. The lowest BCUT2D eigenvalue weighted by molar-refractivity contribution is -0.138. The largest absolute Gasteiger partial charge is 0.480 e. The van der Waals surface area contributed by atoms with Gasteiger partial charge in [0.1, 0.15) is 0 Å². The summed E-state index contributed by atoms with van der Waals surface area (Å²) in [4.78, 5) is 12.4. The summed E-state index contributed by atoms with van der Waals surface area (Å²) >= 11 is 0. The first kappa shape index (κ1) is 13.1. The smallest absolute Gasteiger partial charge is 0.317 e. The summed E-state index contributed by atoms with van der Waals surface area (Å²) in [6.45, 7) is 6.89. The van der Waals surface area contributed by atoms with E-state index in [4.69, 9.17) is 9.84 Å². The number of carboxylic acids is 1. The first-order chi connectivity index (χ1) is 6.61. The van der Waals surface area contributed by atoms with Gasteiger partial charge in [-0.3, -0.25) is 9.69 Å². The third-order valence-electron chi connectivity index (χ3n) is 2.07. The van der Waals surface area contributed by atoms with Crippen LogP contribution in [0, 0.1) is 0 Å². The lowest BCUT2D eigenvalue weighted by Crippen LogP contribution is -2.38. The SMILES string of the molecule is C=CCN(CC(=O)O)C(C)CCOC. The Bertz CT molecular complexity index is 182. The maximum atomic E-state index is 10.6. The zero-order valence-electron chi connectivity index (χ0n) is 8.90. The van der Waals surface area contributed by atoms with Gasteiger partial charge in [0, 0.05) is 26.3 Å². The predicted octanol–water partition coefficient (Wildman–Crippen LogP) is 0.984. The number of carbonyl (C=O) groups is 1. The van der Waals surface area contributed by atoms with Gasteiger partial charge in [0.15, 0.2) is 0 Å². The Labute approximate surface area is 85.2 Å². The highest BCUT2D eigenvalue weighted by Crippen LogP contribution is 2.03. The Balaban J connectivity index is 4.02. The summed E-state index contributed by atoms with van der Waals surface area (Å²) in [6.07, 6.45) is 2.55. The van der Waals surface area contributed by atoms with Gasteiger partial charge in [0.05, 0.1) is 6.54 Å². The van der Waals surface area contributed by atoms with Crippen LogP contribution in [0.25, 0.3) is 0 Å². The molecule has 0 aromatic heterocycles. The van der Waals surface area contributed by atoms with Crippen molar-refractivity contribution >= 4 is 5.97 Å². The number of hydrogen-bond donors (Lipinski definition) is 1. The van der Waals surface area contributed by atoms with Crippen molar-refractivity contribution < 1.29 is 14.6 Å². The van der Waals surface area contributed by atoms with Gasteiger partial charge < -0.3 is 9.84 Å². The summed E-state index contributed by atoms with van der Waals surface area (Å²) in [6, 6.07) is 0.198. The molecule has 82 valence electrons. The van der Waals surface area contributed by atoms with Crippen LogP contribution in [-0.4, -0.2) is 48.8 Å². The van der Waals surface area contributed by atoms with Crippen molar-refractivity contribution in [3.63, 3.8) is 0 Å². The van der Waals surface area contributed by atoms with Crippen LogP contribution in [0.3, 0.4) is 0 Å². The van der Waals surface area contributed by atoms with E-state index in [0.29, 0.717) is 13.2 Å². The van der Waals surface area contributed by atoms with E-state index in [-0.39, 0.29) is 12.6 Å². The molecule has 0 rings (SSSR count). The molecule has 0 aliphatic heterocycles. The van der Waals surface area contributed by atoms with E-state index < -0.39 is 5.97 Å². The molecule has 1 N–H and O–H groups in total. The van der Waals surface area contributed by atoms with Gasteiger partial charge in [-0.2, -0.15) is 0 Å². The number of nitrogens with zero attached hydrogens (tertiary/aromatic N) is 1. The number of rotatable bonds is 8. The molecule has 1 atom stereocenters. The van der Waals surface area contributed by atoms with Crippen molar-refractivity contribution in [3.8, 4) is 0 Å². The standard InChI is InChI=1S/C10H19NO3/c1-4-6-11(8-10(12)13)9(2)5-7-14-3/h4,9H,1,5-8H2,2-3H3,(H,12,13). The highest BCUT2D eigenvalue weighted by atomic mass is 16.5. The fraction of sp³-hybridized carbons (Fsp3) is 0.700. The van der Waals surface area contributed by atoms with Crippen LogP contribution in [0.1, 0.15) is 13.3 Å². The quantitative estimate of drug-likeness (QED) is 0.595. The summed E-state index contributed by atoms with van der Waals surface area (Å²) in [5.41, 5.74) is 0. The van der Waals surface area contributed by atoms with Crippen LogP contribution in [0.4, 0.5) is 0 Å². The number of hydrogen-bond acceptors (Lipinski definition) is 3. The molecular weight excluding hydrogens is 182 g/mol. The molecular formula is C10H19NO3. The molecule has 0 amide bonds. The minimum absolute atomic E-state index is 0.0525. The van der Waals surface area contributed by atoms with Crippen molar-refractivity contribution in [2.45, 2.75) is 19.4 Å². The number of methoxy groups -OCH3 is 1. The van der Waals surface area contributed by atoms with E-state index in [0.717, 1.165) is 6.42 Å². The van der Waals surface area contributed by atoms with E-state index >= 15 is 0 Å². The minimum atomic E-state index is -0.809. The molecule has 0 saturated carbocycles. The molecule has 14 heavy (non-hydrogen) atoms. The molecule has 0 aliphatic carbocycles. The fourth-order valence-electron chi connectivity index (χ4n) is 1.21. The van der Waals surface area contributed by atoms with E-state index in [1.54, 1.807) is 13.2 Å². The number of ether oxygens (including phenoxy) is 1. The second kappa shape index (κ2) is 7.53. The molecule has 0 radical (unpaired) electrons. The molecule has 0 aliphatic rings. The maximum Gasteiger partial charge on any atom is 0.317 e. The molecule has 0 aromatic rings. The van der Waals surface area contributed by atoms with Crippen molar-refractivity contribution in [3.05, 3.63) is 12.7 Å². The third kappa shape index (κ3) is 5.72. The third-order valence-corrected chi connectivity index (χ3v) is 2.07. The van der Waals surface area contributed by atoms with E-state index in [9.17, 15) is 4.79 Å². The minimum Gasteiger partial charge on any atom is -0.480 e. The fourth-order valence-corrected chi connectivity index (χ4v) is 1.21. The zero-order chi connectivity index (χ0) is 11.0. The molecule has 4 nitrogen and oxygen atoms in total. The topological polar surface area (TPSA) is 49.8 Å². The first-order valence-corrected chi connectivity index (χ1v) is 4.67. The van der Waals surface area contributed by atoms with Crippen LogP contribution < -0.4 is 0 Å². The summed E-state index contributed by atoms with van der Waals surface area (Å²) in [7, 11) is 1.64. The average molecular weight is 201 g/mol. The highest BCUT2D eigenvalue weighted by Gasteiger charge is 2.14. The number of carboxylic acid groups (broad SMARTS) is 1.